The molecule has 1 fully saturated rings. The predicted octanol–water partition coefficient (Wildman–Crippen LogP) is 3.20. The van der Waals surface area contributed by atoms with E-state index in [1.54, 1.807) is 14.2 Å². The lowest BCUT2D eigenvalue weighted by molar-refractivity contribution is 0.185. The minimum atomic E-state index is -0.701. The Morgan fingerprint density at radius 1 is 1.35 bits per heavy atom. The van der Waals surface area contributed by atoms with Crippen molar-refractivity contribution in [3.63, 3.8) is 0 Å². The van der Waals surface area contributed by atoms with E-state index in [-0.39, 0.29) is 24.0 Å². The van der Waals surface area contributed by atoms with Crippen LogP contribution in [-0.2, 0) is 28.7 Å². The van der Waals surface area contributed by atoms with E-state index >= 15 is 0 Å². The molecule has 0 spiro atoms. The van der Waals surface area contributed by atoms with Gasteiger partial charge in [0.15, 0.2) is 5.96 Å². The number of benzene rings is 1. The molecule has 0 saturated heterocycles. The monoisotopic (exact) mass is 493 g/mol. The number of aliphatic imine (C=N–C) groups is 1. The number of nitrogens with one attached hydrogen (secondary N) is 2. The number of nitrogens with zero attached hydrogens (tertiary/aromatic N) is 1. The summed E-state index contributed by atoms with van der Waals surface area (Å²) in [5, 5.41) is 7.21. The maximum Gasteiger partial charge on any atom is 0.191 e. The molecule has 1 aliphatic rings. The summed E-state index contributed by atoms with van der Waals surface area (Å²) in [6.07, 6.45) is 4.28. The number of ether oxygens (including phenoxy) is 1. The molecule has 1 aliphatic carbocycles. The summed E-state index contributed by atoms with van der Waals surface area (Å²) in [6, 6.07) is 8.70. The van der Waals surface area contributed by atoms with Gasteiger partial charge in [-0.2, -0.15) is 0 Å². The van der Waals surface area contributed by atoms with Gasteiger partial charge in [-0.25, -0.2) is 0 Å². The van der Waals surface area contributed by atoms with Crippen LogP contribution in [0.3, 0.4) is 0 Å². The Morgan fingerprint density at radius 2 is 2.12 bits per heavy atom. The average molecular weight is 493 g/mol. The summed E-state index contributed by atoms with van der Waals surface area (Å²) in [4.78, 5) is 4.34. The highest BCUT2D eigenvalue weighted by Crippen LogP contribution is 2.23. The lowest BCUT2D eigenvalue weighted by Gasteiger charge is -2.30. The normalized spacial score (nSPS) is 21.6. The summed E-state index contributed by atoms with van der Waals surface area (Å²) < 4.78 is 17.3. The van der Waals surface area contributed by atoms with E-state index in [1.165, 1.54) is 11.1 Å². The van der Waals surface area contributed by atoms with Crippen LogP contribution in [0.15, 0.2) is 29.3 Å². The molecule has 7 heteroatoms. The van der Waals surface area contributed by atoms with Gasteiger partial charge in [-0.1, -0.05) is 37.6 Å². The lowest BCUT2D eigenvalue weighted by Crippen LogP contribution is -2.46. The minimum Gasteiger partial charge on any atom is -0.380 e. The SMILES string of the molecule is CCS(=O)C1CCCC(NC(=NC)NCc2cccc(COC)c2)C1.I. The highest BCUT2D eigenvalue weighted by molar-refractivity contribution is 14.0. The van der Waals surface area contributed by atoms with Crippen molar-refractivity contribution in [1.82, 2.24) is 10.6 Å². The van der Waals surface area contributed by atoms with Crippen molar-refractivity contribution < 1.29 is 8.95 Å². The standard InChI is InChI=1S/C19H31N3O2S.HI/c1-4-25(23)18-10-6-9-17(12-18)22-19(20-2)21-13-15-7-5-8-16(11-15)14-24-3;/h5,7-8,11,17-18H,4,6,9-10,12-14H2,1-3H3,(H2,20,21,22);1H. The van der Waals surface area contributed by atoms with Gasteiger partial charge < -0.3 is 15.4 Å². The van der Waals surface area contributed by atoms with Crippen LogP contribution in [0.4, 0.5) is 0 Å². The van der Waals surface area contributed by atoms with E-state index in [4.69, 9.17) is 4.74 Å². The molecule has 3 unspecified atom stereocenters. The first kappa shape index (κ1) is 23.4. The maximum absolute atomic E-state index is 12.1. The van der Waals surface area contributed by atoms with Gasteiger partial charge in [0.1, 0.15) is 0 Å². The number of guanidine groups is 1. The van der Waals surface area contributed by atoms with Crippen LogP contribution < -0.4 is 10.6 Å². The zero-order valence-electron chi connectivity index (χ0n) is 16.0. The lowest BCUT2D eigenvalue weighted by atomic mass is 9.95. The first-order valence-electron chi connectivity index (χ1n) is 9.07. The Hall–Kier alpha value is -0.670. The second kappa shape index (κ2) is 12.7. The molecule has 0 heterocycles. The number of methoxy groups -OCH3 is 1. The largest absolute Gasteiger partial charge is 0.380 e. The molecule has 0 aliphatic heterocycles. The number of rotatable bonds is 7. The summed E-state index contributed by atoms with van der Waals surface area (Å²) in [7, 11) is 2.80. The summed E-state index contributed by atoms with van der Waals surface area (Å²) >= 11 is 0. The molecule has 2 rings (SSSR count). The topological polar surface area (TPSA) is 62.7 Å². The molecule has 1 saturated carbocycles. The predicted molar refractivity (Wildman–Crippen MR) is 121 cm³/mol. The van der Waals surface area contributed by atoms with Gasteiger partial charge in [-0.3, -0.25) is 9.20 Å². The Balaban J connectivity index is 0.00000338. The van der Waals surface area contributed by atoms with Gasteiger partial charge in [0.05, 0.1) is 6.61 Å². The van der Waals surface area contributed by atoms with E-state index in [0.29, 0.717) is 24.4 Å². The summed E-state index contributed by atoms with van der Waals surface area (Å²) in [6.45, 7) is 3.35. The smallest absolute Gasteiger partial charge is 0.191 e. The molecule has 3 atom stereocenters. The Bertz CT molecular complexity index is 598. The molecule has 1 aromatic rings. The van der Waals surface area contributed by atoms with Gasteiger partial charge in [0.2, 0.25) is 0 Å². The second-order valence-electron chi connectivity index (χ2n) is 6.48. The second-order valence-corrected chi connectivity index (χ2v) is 8.48. The van der Waals surface area contributed by atoms with E-state index in [0.717, 1.165) is 37.4 Å². The van der Waals surface area contributed by atoms with Crippen molar-refractivity contribution in [3.05, 3.63) is 35.4 Å². The van der Waals surface area contributed by atoms with Gasteiger partial charge in [-0.05, 0) is 30.4 Å². The molecule has 1 aromatic carbocycles. The van der Waals surface area contributed by atoms with Crippen LogP contribution in [0.2, 0.25) is 0 Å². The van der Waals surface area contributed by atoms with Crippen molar-refractivity contribution in [2.24, 2.45) is 4.99 Å². The fourth-order valence-electron chi connectivity index (χ4n) is 3.32. The van der Waals surface area contributed by atoms with Crippen LogP contribution in [0.5, 0.6) is 0 Å². The van der Waals surface area contributed by atoms with Crippen LogP contribution in [0.25, 0.3) is 0 Å². The Labute approximate surface area is 177 Å². The molecule has 0 bridgehead atoms. The average Bonchev–Trinajstić information content (AvgIpc) is 2.65. The molecule has 0 aromatic heterocycles. The fourth-order valence-corrected chi connectivity index (χ4v) is 4.67. The molecular formula is C19H32IN3O2S. The highest BCUT2D eigenvalue weighted by atomic mass is 127. The van der Waals surface area contributed by atoms with Crippen LogP contribution in [0.1, 0.15) is 43.7 Å². The highest BCUT2D eigenvalue weighted by Gasteiger charge is 2.25. The van der Waals surface area contributed by atoms with Gasteiger partial charge in [0, 0.05) is 48.5 Å². The maximum atomic E-state index is 12.1. The first-order chi connectivity index (χ1) is 12.2. The van der Waals surface area contributed by atoms with E-state index in [1.807, 2.05) is 13.0 Å². The van der Waals surface area contributed by atoms with Gasteiger partial charge >= 0.3 is 0 Å². The van der Waals surface area contributed by atoms with Crippen LogP contribution in [-0.4, -0.2) is 41.4 Å². The zero-order chi connectivity index (χ0) is 18.1. The fraction of sp³-hybridized carbons (Fsp3) is 0.632. The number of hydrogen-bond donors (Lipinski definition) is 2. The van der Waals surface area contributed by atoms with Crippen molar-refractivity contribution in [1.29, 1.82) is 0 Å². The molecule has 148 valence electrons. The Kier molecular flexibility index (Phi) is 11.4. The molecule has 0 amide bonds. The van der Waals surface area contributed by atoms with Crippen molar-refractivity contribution in [2.75, 3.05) is 19.9 Å². The van der Waals surface area contributed by atoms with Gasteiger partial charge in [-0.15, -0.1) is 24.0 Å². The third-order valence-electron chi connectivity index (χ3n) is 4.61. The Morgan fingerprint density at radius 3 is 2.81 bits per heavy atom. The van der Waals surface area contributed by atoms with Gasteiger partial charge in [0.25, 0.3) is 0 Å². The quantitative estimate of drug-likeness (QED) is 0.348. The van der Waals surface area contributed by atoms with Crippen LogP contribution in [0, 0.1) is 0 Å². The third kappa shape index (κ3) is 7.52. The van der Waals surface area contributed by atoms with Crippen molar-refractivity contribution in [3.8, 4) is 0 Å². The molecular weight excluding hydrogens is 461 g/mol. The van der Waals surface area contributed by atoms with Crippen molar-refractivity contribution in [2.45, 2.75) is 57.1 Å². The molecule has 5 nitrogen and oxygen atoms in total. The molecule has 2 N–H and O–H groups in total. The summed E-state index contributed by atoms with van der Waals surface area (Å²) in [5.41, 5.74) is 2.37. The molecule has 26 heavy (non-hydrogen) atoms. The summed E-state index contributed by atoms with van der Waals surface area (Å²) in [5.74, 6) is 1.56. The van der Waals surface area contributed by atoms with E-state index in [9.17, 15) is 4.21 Å². The van der Waals surface area contributed by atoms with E-state index in [2.05, 4.69) is 33.8 Å². The zero-order valence-corrected chi connectivity index (χ0v) is 19.1. The number of halogens is 1. The number of hydrogen-bond acceptors (Lipinski definition) is 3. The van der Waals surface area contributed by atoms with Crippen molar-refractivity contribution >= 4 is 40.7 Å². The van der Waals surface area contributed by atoms with E-state index < -0.39 is 10.8 Å². The third-order valence-corrected chi connectivity index (χ3v) is 6.35. The van der Waals surface area contributed by atoms with Crippen LogP contribution >= 0.6 is 24.0 Å². The molecule has 0 radical (unpaired) electrons. The minimum absolute atomic E-state index is 0. The first-order valence-corrected chi connectivity index (χ1v) is 10.5.